The van der Waals surface area contributed by atoms with Crippen molar-refractivity contribution < 1.29 is 0 Å². The van der Waals surface area contributed by atoms with Crippen molar-refractivity contribution in [2.75, 3.05) is 18.8 Å². The minimum Gasteiger partial charge on any atom is -0.316 e. The average molecular weight is 243 g/mol. The number of thioether (sulfide) groups is 1. The molecule has 1 N–H and O–H groups in total. The molecule has 0 aromatic rings. The Balaban J connectivity index is 1.91. The van der Waals surface area contributed by atoms with Crippen LogP contribution >= 0.6 is 11.8 Å². The van der Waals surface area contributed by atoms with E-state index in [0.29, 0.717) is 0 Å². The Kier molecular flexibility index (Phi) is 7.55. The summed E-state index contributed by atoms with van der Waals surface area (Å²) in [6.45, 7) is 9.42. The van der Waals surface area contributed by atoms with Crippen LogP contribution < -0.4 is 5.32 Å². The van der Waals surface area contributed by atoms with Gasteiger partial charge >= 0.3 is 0 Å². The highest BCUT2D eigenvalue weighted by atomic mass is 32.2. The maximum absolute atomic E-state index is 3.63. The summed E-state index contributed by atoms with van der Waals surface area (Å²) in [6, 6.07) is 0. The van der Waals surface area contributed by atoms with Crippen molar-refractivity contribution in [2.24, 2.45) is 11.8 Å². The van der Waals surface area contributed by atoms with Crippen LogP contribution in [0.1, 0.15) is 52.9 Å². The zero-order chi connectivity index (χ0) is 11.8. The Labute approximate surface area is 106 Å². The lowest BCUT2D eigenvalue weighted by atomic mass is 9.89. The van der Waals surface area contributed by atoms with Crippen molar-refractivity contribution in [2.45, 2.75) is 58.1 Å². The normalized spacial score (nSPS) is 20.2. The molecule has 0 radical (unpaired) electrons. The van der Waals surface area contributed by atoms with E-state index in [2.05, 4.69) is 37.8 Å². The fraction of sp³-hybridized carbons (Fsp3) is 1.00. The third kappa shape index (κ3) is 6.15. The van der Waals surface area contributed by atoms with Gasteiger partial charge in [-0.3, -0.25) is 0 Å². The Morgan fingerprint density at radius 1 is 1.12 bits per heavy atom. The van der Waals surface area contributed by atoms with Crippen LogP contribution in [0.3, 0.4) is 0 Å². The van der Waals surface area contributed by atoms with E-state index in [4.69, 9.17) is 0 Å². The topological polar surface area (TPSA) is 12.0 Å². The fourth-order valence-corrected chi connectivity index (χ4v) is 3.23. The van der Waals surface area contributed by atoms with Crippen molar-refractivity contribution >= 4 is 11.8 Å². The molecular weight excluding hydrogens is 214 g/mol. The molecule has 0 spiro atoms. The minimum atomic E-state index is 0.802. The van der Waals surface area contributed by atoms with E-state index in [9.17, 15) is 0 Å². The number of nitrogens with one attached hydrogen (secondary N) is 1. The zero-order valence-electron chi connectivity index (χ0n) is 11.3. The molecule has 1 saturated carbocycles. The second-order valence-corrected chi connectivity index (χ2v) is 7.01. The van der Waals surface area contributed by atoms with Crippen molar-refractivity contribution in [1.29, 1.82) is 0 Å². The first-order valence-corrected chi connectivity index (χ1v) is 8.07. The maximum atomic E-state index is 3.63. The summed E-state index contributed by atoms with van der Waals surface area (Å²) in [6.07, 6.45) is 7.32. The fourth-order valence-electron chi connectivity index (χ4n) is 2.21. The van der Waals surface area contributed by atoms with Gasteiger partial charge in [0.05, 0.1) is 0 Å². The van der Waals surface area contributed by atoms with Crippen LogP contribution in [0, 0.1) is 11.8 Å². The Morgan fingerprint density at radius 2 is 1.81 bits per heavy atom. The maximum Gasteiger partial charge on any atom is 0.00608 e. The van der Waals surface area contributed by atoms with E-state index in [1.54, 1.807) is 0 Å². The summed E-state index contributed by atoms with van der Waals surface area (Å²) in [4.78, 5) is 0. The highest BCUT2D eigenvalue weighted by Crippen LogP contribution is 2.22. The molecule has 1 atom stereocenters. The second kappa shape index (κ2) is 8.41. The smallest absolute Gasteiger partial charge is 0.00608 e. The first-order chi connectivity index (χ1) is 7.70. The molecular formula is C14H29NS. The van der Waals surface area contributed by atoms with E-state index >= 15 is 0 Å². The van der Waals surface area contributed by atoms with Crippen LogP contribution in [0.5, 0.6) is 0 Å². The molecule has 1 aliphatic rings. The largest absolute Gasteiger partial charge is 0.316 e. The quantitative estimate of drug-likeness (QED) is 0.680. The van der Waals surface area contributed by atoms with Gasteiger partial charge in [0, 0.05) is 17.5 Å². The van der Waals surface area contributed by atoms with Gasteiger partial charge < -0.3 is 5.32 Å². The van der Waals surface area contributed by atoms with Crippen molar-refractivity contribution in [3.05, 3.63) is 0 Å². The third-order valence-corrected chi connectivity index (χ3v) is 5.27. The van der Waals surface area contributed by atoms with Crippen LogP contribution in [0.2, 0.25) is 0 Å². The molecule has 1 nitrogen and oxygen atoms in total. The lowest BCUT2D eigenvalue weighted by Crippen LogP contribution is -2.26. The summed E-state index contributed by atoms with van der Waals surface area (Å²) in [5, 5.41) is 4.43. The predicted octanol–water partition coefficient (Wildman–Crippen LogP) is 3.93. The lowest BCUT2D eigenvalue weighted by molar-refractivity contribution is 0.345. The first kappa shape index (κ1) is 14.4. The van der Waals surface area contributed by atoms with Crippen molar-refractivity contribution in [3.8, 4) is 0 Å². The molecule has 1 unspecified atom stereocenters. The van der Waals surface area contributed by atoms with Crippen molar-refractivity contribution in [3.63, 3.8) is 0 Å². The molecule has 1 aliphatic carbocycles. The Bertz CT molecular complexity index is 164. The first-order valence-electron chi connectivity index (χ1n) is 7.02. The van der Waals surface area contributed by atoms with E-state index in [1.165, 1.54) is 50.9 Å². The van der Waals surface area contributed by atoms with Gasteiger partial charge in [-0.15, -0.1) is 0 Å². The lowest BCUT2D eigenvalue weighted by Gasteiger charge is -2.22. The van der Waals surface area contributed by atoms with E-state index in [0.717, 1.165) is 17.1 Å². The minimum absolute atomic E-state index is 0.802. The molecule has 1 rings (SSSR count). The molecule has 1 fully saturated rings. The third-order valence-electron chi connectivity index (χ3n) is 3.76. The summed E-state index contributed by atoms with van der Waals surface area (Å²) < 4.78 is 0. The summed E-state index contributed by atoms with van der Waals surface area (Å²) in [5.41, 5.74) is 0. The highest BCUT2D eigenvalue weighted by Gasteiger charge is 2.12. The molecule has 0 amide bonds. The van der Waals surface area contributed by atoms with Crippen LogP contribution in [-0.2, 0) is 0 Å². The molecule has 2 heteroatoms. The van der Waals surface area contributed by atoms with E-state index < -0.39 is 0 Å². The van der Waals surface area contributed by atoms with Crippen LogP contribution in [-0.4, -0.2) is 24.1 Å². The molecule has 96 valence electrons. The number of hydrogen-bond acceptors (Lipinski definition) is 2. The molecule has 16 heavy (non-hydrogen) atoms. The summed E-state index contributed by atoms with van der Waals surface area (Å²) in [5.74, 6) is 3.05. The molecule has 0 heterocycles. The van der Waals surface area contributed by atoms with Gasteiger partial charge in [-0.05, 0) is 31.2 Å². The second-order valence-electron chi connectivity index (χ2n) is 5.53. The van der Waals surface area contributed by atoms with Crippen LogP contribution in [0.4, 0.5) is 0 Å². The molecule has 0 aromatic carbocycles. The molecule has 0 aromatic heterocycles. The van der Waals surface area contributed by atoms with E-state index in [1.807, 2.05) is 0 Å². The number of rotatable bonds is 7. The Morgan fingerprint density at radius 3 is 2.44 bits per heavy atom. The van der Waals surface area contributed by atoms with E-state index in [-0.39, 0.29) is 0 Å². The SMILES string of the molecule is CC(C)C(C)SCCNCC1CCCCC1. The predicted molar refractivity (Wildman–Crippen MR) is 76.2 cm³/mol. The van der Waals surface area contributed by atoms with Gasteiger partial charge in [-0.2, -0.15) is 11.8 Å². The van der Waals surface area contributed by atoms with Crippen LogP contribution in [0.25, 0.3) is 0 Å². The monoisotopic (exact) mass is 243 g/mol. The molecule has 0 bridgehead atoms. The van der Waals surface area contributed by atoms with Crippen LogP contribution in [0.15, 0.2) is 0 Å². The van der Waals surface area contributed by atoms with Gasteiger partial charge in [-0.25, -0.2) is 0 Å². The van der Waals surface area contributed by atoms with Gasteiger partial charge in [0.1, 0.15) is 0 Å². The Hall–Kier alpha value is 0.310. The summed E-state index contributed by atoms with van der Waals surface area (Å²) in [7, 11) is 0. The van der Waals surface area contributed by atoms with Gasteiger partial charge in [-0.1, -0.05) is 40.0 Å². The van der Waals surface area contributed by atoms with Gasteiger partial charge in [0.25, 0.3) is 0 Å². The number of hydrogen-bond donors (Lipinski definition) is 1. The van der Waals surface area contributed by atoms with Gasteiger partial charge in [0.15, 0.2) is 0 Å². The summed E-state index contributed by atoms with van der Waals surface area (Å²) >= 11 is 2.11. The molecule has 0 aliphatic heterocycles. The molecule has 0 saturated heterocycles. The standard InChI is InChI=1S/C14H29NS/c1-12(2)13(3)16-10-9-15-11-14-7-5-4-6-8-14/h12-15H,4-11H2,1-3H3. The van der Waals surface area contributed by atoms with Gasteiger partial charge in [0.2, 0.25) is 0 Å². The average Bonchev–Trinajstić information content (AvgIpc) is 2.29. The highest BCUT2D eigenvalue weighted by molar-refractivity contribution is 7.99. The zero-order valence-corrected chi connectivity index (χ0v) is 12.1. The van der Waals surface area contributed by atoms with Crippen molar-refractivity contribution in [1.82, 2.24) is 5.32 Å².